The molecule has 1 fully saturated rings. The minimum Gasteiger partial charge on any atom is -0.466 e. The fourth-order valence-electron chi connectivity index (χ4n) is 5.52. The number of benzene rings is 2. The number of ether oxygens (including phenoxy) is 1. The molecule has 7 nitrogen and oxygen atoms in total. The topological polar surface area (TPSA) is 96.7 Å². The zero-order chi connectivity index (χ0) is 26.7. The maximum absolute atomic E-state index is 12.8. The van der Waals surface area contributed by atoms with Crippen LogP contribution in [-0.2, 0) is 9.53 Å². The van der Waals surface area contributed by atoms with Crippen molar-refractivity contribution in [1.82, 2.24) is 9.97 Å². The number of carbonyl (C=O) groups is 1. The molecule has 1 aromatic heterocycles. The van der Waals surface area contributed by atoms with Gasteiger partial charge in [0.25, 0.3) is 0 Å². The van der Waals surface area contributed by atoms with Crippen LogP contribution in [0.3, 0.4) is 0 Å². The second-order valence-corrected chi connectivity index (χ2v) is 11.4. The number of nitrogens with zero attached hydrogens (tertiary/aromatic N) is 3. The highest BCUT2D eigenvalue weighted by atomic mass is 32.2. The standard InChI is InChI=1S/C30H34N4O3S/c1-4-37-27(35)24-10-12-30(36,17-25(24)21-8-6-5-7-9-21)28-32-18-26(38-28)22-14-19(2)15-23(16-22)34-29-31-13-11-20(3)33-29/h5-9,11,13-16,18,24-26,28,36H,4,10,12,17H2,1-3H3,(H,31,33,34). The largest absolute Gasteiger partial charge is 0.466 e. The number of thioether (sulfide) groups is 1. The highest BCUT2D eigenvalue weighted by Gasteiger charge is 2.49. The van der Waals surface area contributed by atoms with Crippen LogP contribution in [0.5, 0.6) is 0 Å². The van der Waals surface area contributed by atoms with Crippen molar-refractivity contribution < 1.29 is 14.6 Å². The van der Waals surface area contributed by atoms with Crippen molar-refractivity contribution in [3.05, 3.63) is 83.2 Å². The van der Waals surface area contributed by atoms with Crippen LogP contribution in [0.15, 0.2) is 65.8 Å². The predicted octanol–water partition coefficient (Wildman–Crippen LogP) is 5.90. The number of nitrogens with one attached hydrogen (secondary N) is 1. The second kappa shape index (κ2) is 11.3. The summed E-state index contributed by atoms with van der Waals surface area (Å²) in [7, 11) is 0. The smallest absolute Gasteiger partial charge is 0.309 e. The summed E-state index contributed by atoms with van der Waals surface area (Å²) in [6.45, 7) is 6.19. The van der Waals surface area contributed by atoms with Gasteiger partial charge in [0, 0.05) is 23.8 Å². The van der Waals surface area contributed by atoms with Crippen LogP contribution < -0.4 is 5.32 Å². The molecule has 0 saturated heterocycles. The molecule has 2 N–H and O–H groups in total. The van der Waals surface area contributed by atoms with Gasteiger partial charge in [-0.25, -0.2) is 9.97 Å². The van der Waals surface area contributed by atoms with Gasteiger partial charge in [0.05, 0.1) is 23.4 Å². The lowest BCUT2D eigenvalue weighted by Gasteiger charge is -2.43. The Hall–Kier alpha value is -3.23. The van der Waals surface area contributed by atoms with Crippen molar-refractivity contribution in [3.63, 3.8) is 0 Å². The van der Waals surface area contributed by atoms with Gasteiger partial charge in [-0.3, -0.25) is 9.79 Å². The summed E-state index contributed by atoms with van der Waals surface area (Å²) in [5.41, 5.74) is 4.09. The van der Waals surface area contributed by atoms with Crippen molar-refractivity contribution in [2.45, 2.75) is 62.2 Å². The first kappa shape index (κ1) is 26.4. The van der Waals surface area contributed by atoms with Crippen LogP contribution in [0.4, 0.5) is 11.6 Å². The lowest BCUT2D eigenvalue weighted by Crippen LogP contribution is -2.46. The van der Waals surface area contributed by atoms with Gasteiger partial charge in [-0.2, -0.15) is 0 Å². The van der Waals surface area contributed by atoms with Gasteiger partial charge in [-0.1, -0.05) is 36.4 Å². The number of aromatic nitrogens is 2. The van der Waals surface area contributed by atoms with Gasteiger partial charge in [0.1, 0.15) is 5.37 Å². The maximum atomic E-state index is 12.8. The van der Waals surface area contributed by atoms with Crippen molar-refractivity contribution in [3.8, 4) is 0 Å². The minimum absolute atomic E-state index is 0.0147. The number of esters is 1. The summed E-state index contributed by atoms with van der Waals surface area (Å²) in [6, 6.07) is 18.2. The second-order valence-electron chi connectivity index (χ2n) is 10.2. The molecule has 3 aromatic rings. The fraction of sp³-hybridized carbons (Fsp3) is 0.400. The Kier molecular flexibility index (Phi) is 7.81. The lowest BCUT2D eigenvalue weighted by atomic mass is 9.69. The van der Waals surface area contributed by atoms with E-state index in [4.69, 9.17) is 9.73 Å². The van der Waals surface area contributed by atoms with Crippen LogP contribution >= 0.6 is 11.8 Å². The average molecular weight is 531 g/mol. The highest BCUT2D eigenvalue weighted by molar-refractivity contribution is 8.01. The van der Waals surface area contributed by atoms with Gasteiger partial charge in [0.15, 0.2) is 0 Å². The number of hydrogen-bond donors (Lipinski definition) is 2. The normalized spacial score (nSPS) is 26.7. The average Bonchev–Trinajstić information content (AvgIpc) is 3.41. The Bertz CT molecular complexity index is 1320. The van der Waals surface area contributed by atoms with E-state index in [1.807, 2.05) is 56.5 Å². The maximum Gasteiger partial charge on any atom is 0.309 e. The summed E-state index contributed by atoms with van der Waals surface area (Å²) in [5.74, 6) is -0.000896. The molecule has 0 spiro atoms. The first-order valence-corrected chi connectivity index (χ1v) is 14.1. The summed E-state index contributed by atoms with van der Waals surface area (Å²) in [4.78, 5) is 26.4. The van der Waals surface area contributed by atoms with Gasteiger partial charge in [0.2, 0.25) is 5.95 Å². The lowest BCUT2D eigenvalue weighted by molar-refractivity contribution is -0.152. The number of anilines is 2. The van der Waals surface area contributed by atoms with E-state index in [1.165, 1.54) is 0 Å². The molecule has 198 valence electrons. The summed E-state index contributed by atoms with van der Waals surface area (Å²) in [6.07, 6.45) is 5.23. The Balaban J connectivity index is 1.33. The summed E-state index contributed by atoms with van der Waals surface area (Å²) >= 11 is 1.66. The SMILES string of the molecule is CCOC(=O)C1CCC(O)(C2N=CC(c3cc(C)cc(Nc4nccc(C)n4)c3)S2)CC1c1ccccc1. The van der Waals surface area contributed by atoms with Gasteiger partial charge in [-0.15, -0.1) is 11.8 Å². The third-order valence-corrected chi connectivity index (χ3v) is 8.84. The third-order valence-electron chi connectivity index (χ3n) is 7.34. The molecule has 38 heavy (non-hydrogen) atoms. The minimum atomic E-state index is -1.01. The molecule has 2 aromatic carbocycles. The molecule has 0 radical (unpaired) electrons. The monoisotopic (exact) mass is 530 g/mol. The Morgan fingerprint density at radius 1 is 1.16 bits per heavy atom. The molecule has 8 heteroatoms. The molecule has 2 heterocycles. The predicted molar refractivity (Wildman–Crippen MR) is 152 cm³/mol. The fourth-order valence-corrected chi connectivity index (χ4v) is 6.84. The molecule has 1 aliphatic carbocycles. The first-order valence-electron chi connectivity index (χ1n) is 13.2. The van der Waals surface area contributed by atoms with Crippen molar-refractivity contribution in [2.75, 3.05) is 11.9 Å². The summed E-state index contributed by atoms with van der Waals surface area (Å²) < 4.78 is 5.40. The molecule has 0 amide bonds. The number of rotatable bonds is 7. The number of aliphatic hydroxyl groups is 1. The van der Waals surface area contributed by atoms with E-state index in [0.29, 0.717) is 31.8 Å². The molecule has 5 atom stereocenters. The number of aliphatic imine (C=N–C) groups is 1. The Morgan fingerprint density at radius 3 is 2.74 bits per heavy atom. The third kappa shape index (κ3) is 5.76. The van der Waals surface area contributed by atoms with E-state index >= 15 is 0 Å². The molecule has 1 saturated carbocycles. The van der Waals surface area contributed by atoms with E-state index in [-0.39, 0.29) is 28.4 Å². The molecular formula is C30H34N4O3S. The van der Waals surface area contributed by atoms with Gasteiger partial charge < -0.3 is 15.2 Å². The highest BCUT2D eigenvalue weighted by Crippen LogP contribution is 2.51. The van der Waals surface area contributed by atoms with E-state index in [1.54, 1.807) is 18.0 Å². The Labute approximate surface area is 228 Å². The van der Waals surface area contributed by atoms with E-state index in [9.17, 15) is 9.90 Å². The van der Waals surface area contributed by atoms with Crippen LogP contribution in [-0.4, -0.2) is 44.8 Å². The van der Waals surface area contributed by atoms with Gasteiger partial charge >= 0.3 is 5.97 Å². The molecule has 5 unspecified atom stereocenters. The van der Waals surface area contributed by atoms with Crippen molar-refractivity contribution in [2.24, 2.45) is 10.9 Å². The van der Waals surface area contributed by atoms with Crippen LogP contribution in [0, 0.1) is 19.8 Å². The molecule has 1 aliphatic heterocycles. The van der Waals surface area contributed by atoms with E-state index in [0.717, 1.165) is 28.1 Å². The van der Waals surface area contributed by atoms with Crippen LogP contribution in [0.2, 0.25) is 0 Å². The Morgan fingerprint density at radius 2 is 1.97 bits per heavy atom. The zero-order valence-electron chi connectivity index (χ0n) is 22.0. The van der Waals surface area contributed by atoms with Gasteiger partial charge in [-0.05, 0) is 80.8 Å². The number of aryl methyl sites for hydroxylation is 2. The van der Waals surface area contributed by atoms with Crippen molar-refractivity contribution in [1.29, 1.82) is 0 Å². The van der Waals surface area contributed by atoms with Crippen LogP contribution in [0.25, 0.3) is 0 Å². The van der Waals surface area contributed by atoms with E-state index in [2.05, 4.69) is 40.4 Å². The molecule has 5 rings (SSSR count). The molecule has 0 bridgehead atoms. The molecular weight excluding hydrogens is 496 g/mol. The van der Waals surface area contributed by atoms with Crippen molar-refractivity contribution >= 4 is 35.6 Å². The number of carbonyl (C=O) groups excluding carboxylic acids is 1. The molecule has 2 aliphatic rings. The van der Waals surface area contributed by atoms with Crippen LogP contribution in [0.1, 0.15) is 59.7 Å². The van der Waals surface area contributed by atoms with E-state index < -0.39 is 5.60 Å². The number of hydrogen-bond acceptors (Lipinski definition) is 8. The summed E-state index contributed by atoms with van der Waals surface area (Å²) in [5, 5.41) is 14.9. The quantitative estimate of drug-likeness (QED) is 0.367. The first-order chi connectivity index (χ1) is 18.3. The zero-order valence-corrected chi connectivity index (χ0v) is 22.8.